The molecule has 0 N–H and O–H groups in total. The predicted molar refractivity (Wildman–Crippen MR) is 89.3 cm³/mol. The lowest BCUT2D eigenvalue weighted by atomic mass is 9.90. The van der Waals surface area contributed by atoms with Crippen molar-refractivity contribution in [3.05, 3.63) is 60.7 Å². The molecule has 1 aliphatic carbocycles. The third kappa shape index (κ3) is 2.88. The molecule has 0 unspecified atom stereocenters. The quantitative estimate of drug-likeness (QED) is 0.748. The van der Waals surface area contributed by atoms with Crippen LogP contribution in [0.3, 0.4) is 0 Å². The van der Waals surface area contributed by atoms with Gasteiger partial charge in [-0.25, -0.2) is 0 Å². The molecule has 0 heterocycles. The number of benzene rings is 2. The van der Waals surface area contributed by atoms with Crippen molar-refractivity contribution in [1.29, 1.82) is 0 Å². The molecule has 1 saturated carbocycles. The summed E-state index contributed by atoms with van der Waals surface area (Å²) in [6.07, 6.45) is 5.68. The van der Waals surface area contributed by atoms with E-state index in [1.165, 1.54) is 25.7 Å². The highest BCUT2D eigenvalue weighted by Crippen LogP contribution is 2.36. The maximum atomic E-state index is 2.47. The molecule has 20 heavy (non-hydrogen) atoms. The molecule has 1 heteroatoms. The van der Waals surface area contributed by atoms with Crippen LogP contribution in [-0.4, -0.2) is 8.80 Å². The molecule has 0 aromatic heterocycles. The largest absolute Gasteiger partial charge is 0.124 e. The Morgan fingerprint density at radius 2 is 1.25 bits per heavy atom. The van der Waals surface area contributed by atoms with Crippen molar-refractivity contribution < 1.29 is 0 Å². The summed E-state index contributed by atoms with van der Waals surface area (Å²) >= 11 is 0. The van der Waals surface area contributed by atoms with Crippen molar-refractivity contribution >= 4 is 19.2 Å². The van der Waals surface area contributed by atoms with E-state index in [4.69, 9.17) is 0 Å². The van der Waals surface area contributed by atoms with Gasteiger partial charge in [0.25, 0.3) is 0 Å². The summed E-state index contributed by atoms with van der Waals surface area (Å²) in [6.45, 7) is 2.47. The fourth-order valence-corrected chi connectivity index (χ4v) is 7.10. The molecule has 0 amide bonds. The molecule has 0 nitrogen and oxygen atoms in total. The van der Waals surface area contributed by atoms with Gasteiger partial charge in [-0.05, 0) is 11.5 Å². The van der Waals surface area contributed by atoms with Crippen molar-refractivity contribution in [2.75, 3.05) is 0 Å². The van der Waals surface area contributed by atoms with E-state index >= 15 is 0 Å². The van der Waals surface area contributed by atoms with Crippen molar-refractivity contribution in [1.82, 2.24) is 0 Å². The minimum atomic E-state index is -0.649. The smallest absolute Gasteiger partial charge is 0.0628 e. The zero-order valence-electron chi connectivity index (χ0n) is 12.3. The molecule has 0 saturated heterocycles. The Morgan fingerprint density at radius 1 is 0.750 bits per heavy atom. The van der Waals surface area contributed by atoms with Crippen molar-refractivity contribution in [3.8, 4) is 0 Å². The minimum absolute atomic E-state index is 0.649. The van der Waals surface area contributed by atoms with Gasteiger partial charge >= 0.3 is 0 Å². The topological polar surface area (TPSA) is 0 Å². The van der Waals surface area contributed by atoms with Gasteiger partial charge in [0, 0.05) is 0 Å². The average molecular weight is 279 g/mol. The molecule has 103 valence electrons. The summed E-state index contributed by atoms with van der Waals surface area (Å²) in [7, 11) is -0.649. The highest BCUT2D eigenvalue weighted by atomic mass is 28.3. The SMILES string of the molecule is C[C@H]1CCCC[C@H]1[Si](c1ccccc1)c1ccccc1. The first-order valence-electron chi connectivity index (χ1n) is 7.84. The molecule has 0 bridgehead atoms. The van der Waals surface area contributed by atoms with Gasteiger partial charge in [0.15, 0.2) is 0 Å². The van der Waals surface area contributed by atoms with Gasteiger partial charge in [-0.1, -0.05) is 104 Å². The standard InChI is InChI=1S/C19H23Si/c1-16-10-8-9-15-19(16)20(17-11-4-2-5-12-17)18-13-6-3-7-14-18/h2-7,11-14,16,19H,8-10,15H2,1H3/t16-,19+/m0/s1. The van der Waals surface area contributed by atoms with Crippen LogP contribution >= 0.6 is 0 Å². The predicted octanol–water partition coefficient (Wildman–Crippen LogP) is 3.88. The zero-order valence-corrected chi connectivity index (χ0v) is 13.3. The first-order chi connectivity index (χ1) is 9.86. The molecule has 2 aromatic rings. The van der Waals surface area contributed by atoms with Crippen molar-refractivity contribution in [3.63, 3.8) is 0 Å². The van der Waals surface area contributed by atoms with Crippen LogP contribution in [0, 0.1) is 5.92 Å². The van der Waals surface area contributed by atoms with Gasteiger partial charge < -0.3 is 0 Å². The minimum Gasteiger partial charge on any atom is -0.0628 e. The zero-order chi connectivity index (χ0) is 13.8. The second kappa shape index (κ2) is 6.40. The van der Waals surface area contributed by atoms with E-state index in [-0.39, 0.29) is 0 Å². The van der Waals surface area contributed by atoms with Crippen LogP contribution < -0.4 is 10.4 Å². The van der Waals surface area contributed by atoms with Gasteiger partial charge in [0.1, 0.15) is 8.80 Å². The van der Waals surface area contributed by atoms with E-state index in [9.17, 15) is 0 Å². The average Bonchev–Trinajstić information content (AvgIpc) is 2.52. The van der Waals surface area contributed by atoms with Crippen LogP contribution in [0.15, 0.2) is 60.7 Å². The maximum Gasteiger partial charge on any atom is 0.124 e. The normalized spacial score (nSPS) is 22.9. The third-order valence-electron chi connectivity index (χ3n) is 4.65. The Labute approximate surface area is 124 Å². The van der Waals surface area contributed by atoms with Crippen LogP contribution in [0.25, 0.3) is 0 Å². The molecular weight excluding hydrogens is 256 g/mol. The van der Waals surface area contributed by atoms with Crippen LogP contribution in [0.1, 0.15) is 32.6 Å². The highest BCUT2D eigenvalue weighted by Gasteiger charge is 2.32. The number of hydrogen-bond donors (Lipinski definition) is 0. The van der Waals surface area contributed by atoms with Gasteiger partial charge in [0.05, 0.1) is 0 Å². The van der Waals surface area contributed by atoms with E-state index in [2.05, 4.69) is 67.6 Å². The first kappa shape index (κ1) is 13.6. The van der Waals surface area contributed by atoms with E-state index in [0.29, 0.717) is 0 Å². The molecule has 2 atom stereocenters. The molecule has 2 aromatic carbocycles. The van der Waals surface area contributed by atoms with Gasteiger partial charge in [-0.2, -0.15) is 0 Å². The van der Waals surface area contributed by atoms with Gasteiger partial charge in [-0.3, -0.25) is 0 Å². The second-order valence-electron chi connectivity index (χ2n) is 6.01. The van der Waals surface area contributed by atoms with Gasteiger partial charge in [-0.15, -0.1) is 0 Å². The Hall–Kier alpha value is -1.34. The van der Waals surface area contributed by atoms with E-state index in [1.54, 1.807) is 10.4 Å². The lowest BCUT2D eigenvalue weighted by molar-refractivity contribution is 0.382. The van der Waals surface area contributed by atoms with Crippen LogP contribution in [0.5, 0.6) is 0 Å². The molecule has 0 spiro atoms. The third-order valence-corrected chi connectivity index (χ3v) is 8.16. The molecule has 1 aliphatic rings. The Balaban J connectivity index is 1.99. The summed E-state index contributed by atoms with van der Waals surface area (Å²) in [4.78, 5) is 0. The monoisotopic (exact) mass is 279 g/mol. The second-order valence-corrected chi connectivity index (χ2v) is 8.74. The summed E-state index contributed by atoms with van der Waals surface area (Å²) in [5.74, 6) is 0.873. The van der Waals surface area contributed by atoms with Gasteiger partial charge in [0.2, 0.25) is 0 Å². The molecule has 1 radical (unpaired) electrons. The molecule has 0 aliphatic heterocycles. The van der Waals surface area contributed by atoms with Crippen molar-refractivity contribution in [2.45, 2.75) is 38.1 Å². The number of hydrogen-bond acceptors (Lipinski definition) is 0. The Morgan fingerprint density at radius 3 is 1.75 bits per heavy atom. The van der Waals surface area contributed by atoms with E-state index in [0.717, 1.165) is 11.5 Å². The molecule has 1 fully saturated rings. The van der Waals surface area contributed by atoms with E-state index in [1.807, 2.05) is 0 Å². The summed E-state index contributed by atoms with van der Waals surface area (Å²) < 4.78 is 0. The van der Waals surface area contributed by atoms with Crippen LogP contribution in [0.2, 0.25) is 5.54 Å². The Bertz CT molecular complexity index is 480. The lowest BCUT2D eigenvalue weighted by Crippen LogP contribution is -2.48. The molecular formula is C19H23Si. The van der Waals surface area contributed by atoms with Crippen LogP contribution in [-0.2, 0) is 0 Å². The highest BCUT2D eigenvalue weighted by molar-refractivity contribution is 6.86. The first-order valence-corrected chi connectivity index (χ1v) is 9.41. The fraction of sp³-hybridized carbons (Fsp3) is 0.368. The summed E-state index contributed by atoms with van der Waals surface area (Å²) in [5.41, 5.74) is 0.888. The summed E-state index contributed by atoms with van der Waals surface area (Å²) in [5, 5.41) is 3.17. The fourth-order valence-electron chi connectivity index (χ4n) is 3.58. The summed E-state index contributed by atoms with van der Waals surface area (Å²) in [6, 6.07) is 22.5. The van der Waals surface area contributed by atoms with Crippen LogP contribution in [0.4, 0.5) is 0 Å². The lowest BCUT2D eigenvalue weighted by Gasteiger charge is -2.34. The van der Waals surface area contributed by atoms with Crippen molar-refractivity contribution in [2.24, 2.45) is 5.92 Å². The van der Waals surface area contributed by atoms with E-state index < -0.39 is 8.80 Å². The Kier molecular flexibility index (Phi) is 4.37. The molecule has 3 rings (SSSR count). The maximum absolute atomic E-state index is 2.47. The number of rotatable bonds is 3.